The third kappa shape index (κ3) is 7.75. The summed E-state index contributed by atoms with van der Waals surface area (Å²) < 4.78 is 32.5. The molecular weight excluding hydrogens is 582 g/mol. The molecule has 3 aromatic rings. The molecule has 3 N–H and O–H groups in total. The quantitative estimate of drug-likeness (QED) is 0.355. The Morgan fingerprint density at radius 1 is 1.09 bits per heavy atom. The second-order valence-electron chi connectivity index (χ2n) is 11.1. The van der Waals surface area contributed by atoms with Gasteiger partial charge in [-0.15, -0.1) is 0 Å². The molecule has 0 saturated carbocycles. The van der Waals surface area contributed by atoms with E-state index in [2.05, 4.69) is 31.0 Å². The Bertz CT molecular complexity index is 1630. The molecule has 1 atom stereocenters. The van der Waals surface area contributed by atoms with Crippen molar-refractivity contribution >= 4 is 39.1 Å². The lowest BCUT2D eigenvalue weighted by atomic mass is 9.92. The molecular formula is C31H37N7O5S. The number of aliphatic hydroxyl groups excluding tert-OH is 1. The molecule has 5 rings (SSSR count). The molecule has 1 fully saturated rings. The summed E-state index contributed by atoms with van der Waals surface area (Å²) in [6.45, 7) is 2.16. The van der Waals surface area contributed by atoms with Crippen LogP contribution in [-0.4, -0.2) is 68.5 Å². The molecule has 2 aromatic carbocycles. The van der Waals surface area contributed by atoms with Crippen LogP contribution in [0.25, 0.3) is 0 Å². The van der Waals surface area contributed by atoms with E-state index >= 15 is 0 Å². The number of fused-ring (bicyclic) bond motifs is 6. The van der Waals surface area contributed by atoms with E-state index in [1.807, 2.05) is 29.2 Å². The Morgan fingerprint density at radius 2 is 1.89 bits per heavy atom. The summed E-state index contributed by atoms with van der Waals surface area (Å²) >= 11 is 0. The molecule has 12 nitrogen and oxygen atoms in total. The van der Waals surface area contributed by atoms with Crippen molar-refractivity contribution in [3.63, 3.8) is 0 Å². The lowest BCUT2D eigenvalue weighted by Gasteiger charge is -2.35. The minimum absolute atomic E-state index is 0.128. The highest BCUT2D eigenvalue weighted by Gasteiger charge is 2.26. The minimum Gasteiger partial charge on any atom is -0.497 e. The number of anilines is 4. The standard InChI is InChI=1S/C31H37N7O5S/c1-43-26-10-7-23(8-11-26)21-38-13-3-2-5-22-6-4-14-37(20-22)28-17-24(36-44(41,42)16-15-39)9-12-27(28)30(40)34-29-18-25(19-32)33-31(38)35-29/h7-12,17-18,22,36,39H,2-6,13-16,20-21H2,1H3,(H,33,34,35,40). The molecule has 44 heavy (non-hydrogen) atoms. The van der Waals surface area contributed by atoms with Crippen molar-refractivity contribution in [2.45, 2.75) is 38.6 Å². The van der Waals surface area contributed by atoms with Gasteiger partial charge in [0.1, 0.15) is 23.3 Å². The van der Waals surface area contributed by atoms with Gasteiger partial charge in [-0.3, -0.25) is 9.52 Å². The number of methoxy groups -OCH3 is 1. The van der Waals surface area contributed by atoms with Gasteiger partial charge < -0.3 is 25.0 Å². The van der Waals surface area contributed by atoms with Crippen molar-refractivity contribution in [3.8, 4) is 11.8 Å². The maximum Gasteiger partial charge on any atom is 0.258 e. The Hall–Kier alpha value is -4.41. The fourth-order valence-corrected chi connectivity index (χ4v) is 6.57. The molecule has 2 aliphatic rings. The number of carbonyl (C=O) groups excluding carboxylic acids is 1. The van der Waals surface area contributed by atoms with Crippen LogP contribution in [0.15, 0.2) is 48.5 Å². The first kappa shape index (κ1) is 31.0. The molecule has 4 bridgehead atoms. The average molecular weight is 620 g/mol. The number of nitrogens with zero attached hydrogens (tertiary/aromatic N) is 5. The van der Waals surface area contributed by atoms with Gasteiger partial charge in [-0.1, -0.05) is 18.6 Å². The fraction of sp³-hybridized carbons (Fsp3) is 0.419. The predicted octanol–water partition coefficient (Wildman–Crippen LogP) is 3.75. The smallest absolute Gasteiger partial charge is 0.258 e. The first-order chi connectivity index (χ1) is 21.3. The highest BCUT2D eigenvalue weighted by atomic mass is 32.2. The first-order valence-electron chi connectivity index (χ1n) is 14.8. The van der Waals surface area contributed by atoms with Gasteiger partial charge in [0, 0.05) is 32.2 Å². The predicted molar refractivity (Wildman–Crippen MR) is 168 cm³/mol. The third-order valence-corrected chi connectivity index (χ3v) is 9.18. The monoisotopic (exact) mass is 619 g/mol. The third-order valence-electron chi connectivity index (χ3n) is 7.91. The van der Waals surface area contributed by atoms with Crippen LogP contribution in [-0.2, 0) is 16.6 Å². The zero-order valence-corrected chi connectivity index (χ0v) is 25.5. The van der Waals surface area contributed by atoms with E-state index in [-0.39, 0.29) is 11.5 Å². The summed E-state index contributed by atoms with van der Waals surface area (Å²) in [5, 5.41) is 21.8. The number of piperidine rings is 1. The lowest BCUT2D eigenvalue weighted by Crippen LogP contribution is -2.36. The van der Waals surface area contributed by atoms with Crippen LogP contribution in [0.4, 0.5) is 23.1 Å². The second kappa shape index (κ2) is 13.9. The molecule has 1 unspecified atom stereocenters. The van der Waals surface area contributed by atoms with Crippen molar-refractivity contribution in [3.05, 3.63) is 65.4 Å². The van der Waals surface area contributed by atoms with Crippen LogP contribution in [0, 0.1) is 17.2 Å². The van der Waals surface area contributed by atoms with Crippen LogP contribution >= 0.6 is 0 Å². The molecule has 13 heteroatoms. The number of nitriles is 1. The number of hydrogen-bond acceptors (Lipinski definition) is 10. The number of aromatic nitrogens is 2. The minimum atomic E-state index is -3.75. The van der Waals surface area contributed by atoms with Crippen LogP contribution < -0.4 is 24.6 Å². The summed E-state index contributed by atoms with van der Waals surface area (Å²) in [6.07, 6.45) is 4.90. The SMILES string of the molecule is COc1ccc(CN2CCCCC3CCCN(C3)c3cc(NS(=O)(=O)CCO)ccc3C(=O)Nc3cc(C#N)nc2n3)cc1. The second-order valence-corrected chi connectivity index (χ2v) is 12.9. The summed E-state index contributed by atoms with van der Waals surface area (Å²) in [6, 6.07) is 16.1. The van der Waals surface area contributed by atoms with Crippen molar-refractivity contribution in [1.82, 2.24) is 9.97 Å². The topological polar surface area (TPSA) is 161 Å². The number of benzene rings is 2. The normalized spacial score (nSPS) is 17.4. The van der Waals surface area contributed by atoms with Crippen LogP contribution in [0.3, 0.4) is 0 Å². The number of aliphatic hydroxyl groups is 1. The lowest BCUT2D eigenvalue weighted by molar-refractivity contribution is 0.102. The van der Waals surface area contributed by atoms with Gasteiger partial charge in [0.15, 0.2) is 0 Å². The number of rotatable bonds is 7. The van der Waals surface area contributed by atoms with Crippen molar-refractivity contribution in [1.29, 1.82) is 5.26 Å². The van der Waals surface area contributed by atoms with Crippen LogP contribution in [0.5, 0.6) is 5.75 Å². The van der Waals surface area contributed by atoms with Gasteiger partial charge in [-0.05, 0) is 67.5 Å². The zero-order chi connectivity index (χ0) is 31.1. The Morgan fingerprint density at radius 3 is 2.64 bits per heavy atom. The van der Waals surface area contributed by atoms with Gasteiger partial charge in [0.05, 0.1) is 36.4 Å². The Kier molecular flexibility index (Phi) is 9.82. The largest absolute Gasteiger partial charge is 0.497 e. The molecule has 0 radical (unpaired) electrons. The first-order valence-corrected chi connectivity index (χ1v) is 16.4. The Labute approximate surface area is 257 Å². The van der Waals surface area contributed by atoms with E-state index in [4.69, 9.17) is 9.84 Å². The van der Waals surface area contributed by atoms with E-state index in [1.54, 1.807) is 19.2 Å². The van der Waals surface area contributed by atoms with Gasteiger partial charge >= 0.3 is 0 Å². The maximum atomic E-state index is 13.8. The summed E-state index contributed by atoms with van der Waals surface area (Å²) in [5.41, 5.74) is 2.45. The maximum absolute atomic E-state index is 13.8. The number of amides is 1. The average Bonchev–Trinajstić information content (AvgIpc) is 3.02. The number of sulfonamides is 1. The molecule has 0 spiro atoms. The van der Waals surface area contributed by atoms with E-state index in [9.17, 15) is 18.5 Å². The van der Waals surface area contributed by atoms with Crippen molar-refractivity contribution in [2.24, 2.45) is 5.92 Å². The summed E-state index contributed by atoms with van der Waals surface area (Å²) in [5.74, 6) is 0.857. The van der Waals surface area contributed by atoms with Crippen molar-refractivity contribution in [2.75, 3.05) is 58.9 Å². The van der Waals surface area contributed by atoms with E-state index in [1.165, 1.54) is 12.1 Å². The molecule has 2 aliphatic heterocycles. The molecule has 1 aromatic heterocycles. The zero-order valence-electron chi connectivity index (χ0n) is 24.7. The number of hydrogen-bond donors (Lipinski definition) is 3. The summed E-state index contributed by atoms with van der Waals surface area (Å²) in [7, 11) is -2.13. The molecule has 1 saturated heterocycles. The van der Waals surface area contributed by atoms with Crippen LogP contribution in [0.1, 0.15) is 53.7 Å². The van der Waals surface area contributed by atoms with Crippen molar-refractivity contribution < 1.29 is 23.1 Å². The highest BCUT2D eigenvalue weighted by Crippen LogP contribution is 2.32. The summed E-state index contributed by atoms with van der Waals surface area (Å²) in [4.78, 5) is 27.1. The highest BCUT2D eigenvalue weighted by molar-refractivity contribution is 7.92. The van der Waals surface area contributed by atoms with Gasteiger partial charge in [-0.2, -0.15) is 10.2 Å². The van der Waals surface area contributed by atoms with Gasteiger partial charge in [0.25, 0.3) is 5.91 Å². The molecule has 232 valence electrons. The number of nitrogens with one attached hydrogen (secondary N) is 2. The van der Waals surface area contributed by atoms with Gasteiger partial charge in [-0.25, -0.2) is 13.4 Å². The van der Waals surface area contributed by atoms with E-state index < -0.39 is 28.3 Å². The number of carbonyl (C=O) groups is 1. The van der Waals surface area contributed by atoms with E-state index in [0.29, 0.717) is 41.9 Å². The van der Waals surface area contributed by atoms with E-state index in [0.717, 1.165) is 56.5 Å². The van der Waals surface area contributed by atoms with Gasteiger partial charge in [0.2, 0.25) is 16.0 Å². The Balaban J connectivity index is 1.51. The molecule has 0 aliphatic carbocycles. The van der Waals surface area contributed by atoms with Crippen LogP contribution in [0.2, 0.25) is 0 Å². The molecule has 3 heterocycles. The molecule has 1 amide bonds. The fourth-order valence-electron chi connectivity index (χ4n) is 5.74. The number of ether oxygens (including phenoxy) is 1.